The van der Waals surface area contributed by atoms with Crippen LogP contribution >= 0.6 is 12.6 Å². The number of thiol groups is 1. The van der Waals surface area contributed by atoms with Gasteiger partial charge in [0.05, 0.1) is 5.25 Å². The number of unbranched alkanes of at least 4 members (excludes halogenated alkanes) is 7. The minimum Gasteiger partial charge on any atom is -0.480 e. The topological polar surface area (TPSA) is 37.3 Å². The van der Waals surface area contributed by atoms with Crippen LogP contribution < -0.4 is 0 Å². The van der Waals surface area contributed by atoms with E-state index in [1.165, 1.54) is 38.5 Å². The summed E-state index contributed by atoms with van der Waals surface area (Å²) >= 11 is 4.00. The van der Waals surface area contributed by atoms with Crippen molar-refractivity contribution >= 4 is 18.6 Å². The predicted molar refractivity (Wildman–Crippen MR) is 67.6 cm³/mol. The molecule has 0 aromatic heterocycles. The third-order valence-corrected chi connectivity index (χ3v) is 3.10. The van der Waals surface area contributed by atoms with Gasteiger partial charge in [0.25, 0.3) is 0 Å². The van der Waals surface area contributed by atoms with Crippen molar-refractivity contribution in [1.82, 2.24) is 0 Å². The average Bonchev–Trinajstić information content (AvgIpc) is 2.21. The van der Waals surface area contributed by atoms with Gasteiger partial charge in [0.15, 0.2) is 0 Å². The van der Waals surface area contributed by atoms with Crippen LogP contribution in [0.4, 0.5) is 0 Å². The molecule has 0 bridgehead atoms. The van der Waals surface area contributed by atoms with Crippen molar-refractivity contribution in [3.05, 3.63) is 0 Å². The second-order valence-electron chi connectivity index (χ2n) is 4.12. The summed E-state index contributed by atoms with van der Waals surface area (Å²) in [5.74, 6) is -0.790. The van der Waals surface area contributed by atoms with Crippen molar-refractivity contribution in [3.8, 4) is 0 Å². The smallest absolute Gasteiger partial charge is 0.316 e. The molecule has 0 spiro atoms. The standard InChI is InChI=1S/C12H24O2S.Zn/c1-2-3-4-5-6-7-8-9-10-11(15)12(13)14;/h11,15H,2-10H2,1H3,(H,13,14);. The minimum atomic E-state index is -0.790. The molecule has 0 amide bonds. The molecule has 0 aliphatic heterocycles. The van der Waals surface area contributed by atoms with Gasteiger partial charge in [0.1, 0.15) is 0 Å². The van der Waals surface area contributed by atoms with E-state index < -0.39 is 11.2 Å². The third-order valence-electron chi connectivity index (χ3n) is 2.62. The summed E-state index contributed by atoms with van der Waals surface area (Å²) in [5, 5.41) is 8.14. The van der Waals surface area contributed by atoms with E-state index in [1.54, 1.807) is 0 Å². The van der Waals surface area contributed by atoms with E-state index in [4.69, 9.17) is 5.11 Å². The maximum Gasteiger partial charge on any atom is 0.316 e. The van der Waals surface area contributed by atoms with Gasteiger partial charge < -0.3 is 5.11 Å². The van der Waals surface area contributed by atoms with Gasteiger partial charge in [-0.15, -0.1) is 0 Å². The molecular weight excluding hydrogens is 274 g/mol. The van der Waals surface area contributed by atoms with Crippen LogP contribution in [0.5, 0.6) is 0 Å². The predicted octanol–water partition coefficient (Wildman–Crippen LogP) is 3.90. The van der Waals surface area contributed by atoms with Crippen molar-refractivity contribution in [2.45, 2.75) is 70.0 Å². The normalized spacial score (nSPS) is 11.9. The van der Waals surface area contributed by atoms with Gasteiger partial charge in [-0.3, -0.25) is 4.79 Å². The molecule has 0 heterocycles. The Morgan fingerprint density at radius 1 is 1.06 bits per heavy atom. The fourth-order valence-corrected chi connectivity index (χ4v) is 1.78. The van der Waals surface area contributed by atoms with E-state index in [0.29, 0.717) is 6.42 Å². The van der Waals surface area contributed by atoms with Gasteiger partial charge in [0, 0.05) is 19.5 Å². The molecule has 0 radical (unpaired) electrons. The summed E-state index contributed by atoms with van der Waals surface area (Å²) in [5.41, 5.74) is 0. The van der Waals surface area contributed by atoms with Crippen LogP contribution in [-0.4, -0.2) is 16.3 Å². The van der Waals surface area contributed by atoms with Crippen molar-refractivity contribution in [2.24, 2.45) is 0 Å². The Kier molecular flexibility index (Phi) is 15.9. The van der Waals surface area contributed by atoms with E-state index in [-0.39, 0.29) is 19.5 Å². The molecule has 1 atom stereocenters. The number of carboxylic acid groups (broad SMARTS) is 1. The zero-order valence-corrected chi connectivity index (χ0v) is 14.3. The second-order valence-corrected chi connectivity index (χ2v) is 4.74. The first-order valence-corrected chi connectivity index (χ1v) is 6.61. The minimum absolute atomic E-state index is 0. The Balaban J connectivity index is 0. The van der Waals surface area contributed by atoms with E-state index in [0.717, 1.165) is 12.8 Å². The van der Waals surface area contributed by atoms with E-state index in [1.807, 2.05) is 0 Å². The van der Waals surface area contributed by atoms with Crippen molar-refractivity contribution < 1.29 is 29.4 Å². The Morgan fingerprint density at radius 3 is 1.94 bits per heavy atom. The van der Waals surface area contributed by atoms with Gasteiger partial charge >= 0.3 is 5.97 Å². The Hall–Kier alpha value is 0.443. The van der Waals surface area contributed by atoms with Crippen molar-refractivity contribution in [3.63, 3.8) is 0 Å². The summed E-state index contributed by atoms with van der Waals surface area (Å²) in [4.78, 5) is 10.5. The van der Waals surface area contributed by atoms with Crippen LogP contribution in [0.3, 0.4) is 0 Å². The molecule has 0 aliphatic carbocycles. The molecular formula is C12H24O2SZn. The van der Waals surface area contributed by atoms with Crippen molar-refractivity contribution in [2.75, 3.05) is 0 Å². The fraction of sp³-hybridized carbons (Fsp3) is 0.917. The van der Waals surface area contributed by atoms with Crippen molar-refractivity contribution in [1.29, 1.82) is 0 Å². The zero-order chi connectivity index (χ0) is 11.5. The molecule has 4 heteroatoms. The number of aliphatic carboxylic acids is 1. The fourth-order valence-electron chi connectivity index (χ4n) is 1.60. The number of rotatable bonds is 10. The van der Waals surface area contributed by atoms with Gasteiger partial charge in [-0.2, -0.15) is 12.6 Å². The number of carbonyl (C=O) groups is 1. The largest absolute Gasteiger partial charge is 0.480 e. The van der Waals surface area contributed by atoms with E-state index in [2.05, 4.69) is 19.6 Å². The first-order valence-electron chi connectivity index (χ1n) is 6.09. The van der Waals surface area contributed by atoms with Crippen LogP contribution in [0.1, 0.15) is 64.7 Å². The first-order chi connectivity index (χ1) is 7.18. The summed E-state index contributed by atoms with van der Waals surface area (Å²) in [6.45, 7) is 2.22. The molecule has 0 rings (SSSR count). The molecule has 1 unspecified atom stereocenters. The van der Waals surface area contributed by atoms with Crippen LogP contribution in [0, 0.1) is 0 Å². The molecule has 16 heavy (non-hydrogen) atoms. The molecule has 1 N–H and O–H groups in total. The second kappa shape index (κ2) is 13.5. The summed E-state index contributed by atoms with van der Waals surface area (Å²) in [6, 6.07) is 0. The molecule has 0 fully saturated rings. The summed E-state index contributed by atoms with van der Waals surface area (Å²) in [7, 11) is 0. The average molecular weight is 298 g/mol. The number of carboxylic acids is 1. The number of hydrogen-bond donors (Lipinski definition) is 2. The first kappa shape index (κ1) is 18.8. The molecule has 0 aromatic carbocycles. The van der Waals surface area contributed by atoms with Gasteiger partial charge in [0.2, 0.25) is 0 Å². The Labute approximate surface area is 118 Å². The quantitative estimate of drug-likeness (QED) is 0.364. The van der Waals surface area contributed by atoms with Gasteiger partial charge in [-0.25, -0.2) is 0 Å². The molecule has 0 saturated carbocycles. The van der Waals surface area contributed by atoms with Crippen LogP contribution in [0.2, 0.25) is 0 Å². The van der Waals surface area contributed by atoms with E-state index >= 15 is 0 Å². The summed E-state index contributed by atoms with van der Waals surface area (Å²) in [6.07, 6.45) is 10.7. The maximum atomic E-state index is 10.5. The van der Waals surface area contributed by atoms with Crippen LogP contribution in [0.15, 0.2) is 0 Å². The summed E-state index contributed by atoms with van der Waals surface area (Å²) < 4.78 is 0. The van der Waals surface area contributed by atoms with Gasteiger partial charge in [-0.1, -0.05) is 58.3 Å². The van der Waals surface area contributed by atoms with Crippen LogP contribution in [0.25, 0.3) is 0 Å². The molecule has 0 aliphatic rings. The monoisotopic (exact) mass is 296 g/mol. The molecule has 92 valence electrons. The third kappa shape index (κ3) is 12.5. The molecule has 0 aromatic rings. The molecule has 2 nitrogen and oxygen atoms in total. The Morgan fingerprint density at radius 2 is 1.50 bits per heavy atom. The van der Waals surface area contributed by atoms with Crippen LogP contribution in [-0.2, 0) is 24.3 Å². The van der Waals surface area contributed by atoms with E-state index in [9.17, 15) is 4.79 Å². The van der Waals surface area contributed by atoms with Gasteiger partial charge in [-0.05, 0) is 6.42 Å². The molecule has 0 saturated heterocycles. The maximum absolute atomic E-state index is 10.5. The zero-order valence-electron chi connectivity index (χ0n) is 10.5. The Bertz CT molecular complexity index is 165. The number of hydrogen-bond acceptors (Lipinski definition) is 2. The SMILES string of the molecule is CCCCCCCCCCC(S)C(=O)O.[Zn].